The van der Waals surface area contributed by atoms with Gasteiger partial charge in [0.1, 0.15) is 0 Å². The Hall–Kier alpha value is -2.30. The number of guanidine groups is 1. The molecule has 0 unspecified atom stereocenters. The number of aliphatic imine (C=N–C) groups is 1. The molecule has 3 rings (SSSR count). The highest BCUT2D eigenvalue weighted by atomic mass is 15.3. The molecule has 0 amide bonds. The van der Waals surface area contributed by atoms with Gasteiger partial charge in [0.2, 0.25) is 0 Å². The summed E-state index contributed by atoms with van der Waals surface area (Å²) in [6.07, 6.45) is 8.19. The lowest BCUT2D eigenvalue weighted by Crippen LogP contribution is -2.39. The van der Waals surface area contributed by atoms with E-state index in [1.807, 2.05) is 18.7 Å². The molecular formula is C18H25N5. The molecule has 1 aromatic heterocycles. The molecule has 1 aliphatic rings. The summed E-state index contributed by atoms with van der Waals surface area (Å²) in [5, 5.41) is 3.41. The van der Waals surface area contributed by atoms with Gasteiger partial charge < -0.3 is 14.8 Å². The summed E-state index contributed by atoms with van der Waals surface area (Å²) in [6.45, 7) is 6.84. The Labute approximate surface area is 138 Å². The molecule has 2 heterocycles. The van der Waals surface area contributed by atoms with E-state index in [0.29, 0.717) is 0 Å². The second-order valence-corrected chi connectivity index (χ2v) is 5.92. The van der Waals surface area contributed by atoms with Crippen LogP contribution >= 0.6 is 0 Å². The average Bonchev–Trinajstić information content (AvgIpc) is 3.25. The number of likely N-dealkylation sites (tertiary alicyclic amines) is 1. The maximum Gasteiger partial charge on any atom is 0.194 e. The van der Waals surface area contributed by atoms with Crippen LogP contribution in [0.5, 0.6) is 0 Å². The number of aromatic nitrogens is 2. The zero-order valence-corrected chi connectivity index (χ0v) is 13.8. The van der Waals surface area contributed by atoms with Crippen LogP contribution in [-0.2, 0) is 13.1 Å². The minimum absolute atomic E-state index is 0.719. The van der Waals surface area contributed by atoms with Crippen LogP contribution in [0.3, 0.4) is 0 Å². The van der Waals surface area contributed by atoms with Crippen molar-refractivity contribution < 1.29 is 0 Å². The monoisotopic (exact) mass is 311 g/mol. The fraction of sp³-hybridized carbons (Fsp3) is 0.444. The van der Waals surface area contributed by atoms with E-state index in [9.17, 15) is 0 Å². The fourth-order valence-corrected chi connectivity index (χ4v) is 2.94. The first-order valence-electron chi connectivity index (χ1n) is 8.42. The highest BCUT2D eigenvalue weighted by Gasteiger charge is 2.15. The Morgan fingerprint density at radius 2 is 2.09 bits per heavy atom. The van der Waals surface area contributed by atoms with Crippen LogP contribution in [-0.4, -0.2) is 40.0 Å². The van der Waals surface area contributed by atoms with Gasteiger partial charge in [-0.1, -0.05) is 24.3 Å². The molecule has 0 atom stereocenters. The third-order valence-electron chi connectivity index (χ3n) is 4.07. The van der Waals surface area contributed by atoms with Crippen molar-refractivity contribution in [1.29, 1.82) is 0 Å². The highest BCUT2D eigenvalue weighted by Crippen LogP contribution is 2.11. The molecule has 0 saturated carbocycles. The van der Waals surface area contributed by atoms with Crippen molar-refractivity contribution in [1.82, 2.24) is 19.8 Å². The SMILES string of the molecule is CCNC(=NCc1cccc(Cn2ccnc2)c1)N1CCCC1. The summed E-state index contributed by atoms with van der Waals surface area (Å²) in [6, 6.07) is 8.64. The van der Waals surface area contributed by atoms with Gasteiger partial charge in [-0.3, -0.25) is 0 Å². The highest BCUT2D eigenvalue weighted by molar-refractivity contribution is 5.80. The van der Waals surface area contributed by atoms with Gasteiger partial charge in [0.25, 0.3) is 0 Å². The van der Waals surface area contributed by atoms with E-state index in [1.165, 1.54) is 24.0 Å². The largest absolute Gasteiger partial charge is 0.357 e. The third-order valence-corrected chi connectivity index (χ3v) is 4.07. The molecule has 1 fully saturated rings. The summed E-state index contributed by atoms with van der Waals surface area (Å²) in [5.74, 6) is 1.05. The molecule has 0 radical (unpaired) electrons. The first-order chi connectivity index (χ1) is 11.3. The van der Waals surface area contributed by atoms with Gasteiger partial charge >= 0.3 is 0 Å². The predicted octanol–water partition coefficient (Wildman–Crippen LogP) is 2.49. The fourth-order valence-electron chi connectivity index (χ4n) is 2.94. The van der Waals surface area contributed by atoms with E-state index in [2.05, 4.69) is 51.0 Å². The molecule has 5 nitrogen and oxygen atoms in total. The second-order valence-electron chi connectivity index (χ2n) is 5.92. The van der Waals surface area contributed by atoms with Crippen molar-refractivity contribution in [3.8, 4) is 0 Å². The molecule has 1 aromatic carbocycles. The Bertz CT molecular complexity index is 627. The van der Waals surface area contributed by atoms with Crippen LogP contribution in [0.25, 0.3) is 0 Å². The number of nitrogens with zero attached hydrogens (tertiary/aromatic N) is 4. The van der Waals surface area contributed by atoms with E-state index in [4.69, 9.17) is 4.99 Å². The summed E-state index contributed by atoms with van der Waals surface area (Å²) in [4.78, 5) is 11.3. The number of rotatable bonds is 5. The number of benzene rings is 1. The lowest BCUT2D eigenvalue weighted by atomic mass is 10.1. The molecule has 1 aliphatic heterocycles. The van der Waals surface area contributed by atoms with E-state index in [0.717, 1.165) is 38.7 Å². The normalized spacial score (nSPS) is 15.2. The quantitative estimate of drug-likeness (QED) is 0.681. The maximum absolute atomic E-state index is 4.82. The first-order valence-corrected chi connectivity index (χ1v) is 8.42. The maximum atomic E-state index is 4.82. The number of nitrogens with one attached hydrogen (secondary N) is 1. The van der Waals surface area contributed by atoms with Crippen molar-refractivity contribution in [2.75, 3.05) is 19.6 Å². The molecule has 5 heteroatoms. The molecule has 0 aliphatic carbocycles. The van der Waals surface area contributed by atoms with E-state index >= 15 is 0 Å². The number of hydrogen-bond acceptors (Lipinski definition) is 2. The van der Waals surface area contributed by atoms with E-state index < -0.39 is 0 Å². The van der Waals surface area contributed by atoms with Crippen molar-refractivity contribution in [2.45, 2.75) is 32.9 Å². The molecular weight excluding hydrogens is 286 g/mol. The van der Waals surface area contributed by atoms with Crippen molar-refractivity contribution in [3.05, 3.63) is 54.1 Å². The van der Waals surface area contributed by atoms with Gasteiger partial charge in [-0.05, 0) is 30.9 Å². The first kappa shape index (κ1) is 15.6. The summed E-state index contributed by atoms with van der Waals surface area (Å²) in [5.41, 5.74) is 2.53. The van der Waals surface area contributed by atoms with Crippen LogP contribution in [0.4, 0.5) is 0 Å². The van der Waals surface area contributed by atoms with Gasteiger partial charge in [0.15, 0.2) is 5.96 Å². The van der Waals surface area contributed by atoms with E-state index in [1.54, 1.807) is 0 Å². The Morgan fingerprint density at radius 3 is 2.83 bits per heavy atom. The van der Waals surface area contributed by atoms with E-state index in [-0.39, 0.29) is 0 Å². The van der Waals surface area contributed by atoms with Crippen LogP contribution < -0.4 is 5.32 Å². The molecule has 0 spiro atoms. The Balaban J connectivity index is 1.67. The van der Waals surface area contributed by atoms with Gasteiger partial charge in [0.05, 0.1) is 12.9 Å². The average molecular weight is 311 g/mol. The van der Waals surface area contributed by atoms with Gasteiger partial charge in [-0.2, -0.15) is 0 Å². The zero-order valence-electron chi connectivity index (χ0n) is 13.8. The van der Waals surface area contributed by atoms with Crippen LogP contribution in [0, 0.1) is 0 Å². The minimum Gasteiger partial charge on any atom is -0.357 e. The summed E-state index contributed by atoms with van der Waals surface area (Å²) >= 11 is 0. The predicted molar refractivity (Wildman–Crippen MR) is 93.4 cm³/mol. The molecule has 1 N–H and O–H groups in total. The van der Waals surface area contributed by atoms with Crippen LogP contribution in [0.2, 0.25) is 0 Å². The number of hydrogen-bond donors (Lipinski definition) is 1. The lowest BCUT2D eigenvalue weighted by Gasteiger charge is -2.20. The Morgan fingerprint density at radius 1 is 1.26 bits per heavy atom. The van der Waals surface area contributed by atoms with Gasteiger partial charge in [0, 0.05) is 38.6 Å². The topological polar surface area (TPSA) is 45.5 Å². The molecule has 122 valence electrons. The molecule has 0 bridgehead atoms. The van der Waals surface area contributed by atoms with Crippen molar-refractivity contribution in [3.63, 3.8) is 0 Å². The number of imidazole rings is 1. The Kier molecular flexibility index (Phi) is 5.29. The van der Waals surface area contributed by atoms with Crippen molar-refractivity contribution in [2.24, 2.45) is 4.99 Å². The minimum atomic E-state index is 0.719. The third kappa shape index (κ3) is 4.34. The van der Waals surface area contributed by atoms with Crippen LogP contribution in [0.15, 0.2) is 48.0 Å². The zero-order chi connectivity index (χ0) is 15.9. The molecule has 2 aromatic rings. The smallest absolute Gasteiger partial charge is 0.194 e. The summed E-state index contributed by atoms with van der Waals surface area (Å²) in [7, 11) is 0. The van der Waals surface area contributed by atoms with Gasteiger partial charge in [-0.25, -0.2) is 9.98 Å². The van der Waals surface area contributed by atoms with Crippen molar-refractivity contribution >= 4 is 5.96 Å². The molecule has 1 saturated heterocycles. The molecule has 23 heavy (non-hydrogen) atoms. The van der Waals surface area contributed by atoms with Gasteiger partial charge in [-0.15, -0.1) is 0 Å². The summed E-state index contributed by atoms with van der Waals surface area (Å²) < 4.78 is 2.08. The second kappa shape index (κ2) is 7.81. The van der Waals surface area contributed by atoms with Crippen LogP contribution in [0.1, 0.15) is 30.9 Å². The standard InChI is InChI=1S/C18H25N5/c1-2-20-18(23-9-3-4-10-23)21-13-16-6-5-7-17(12-16)14-22-11-8-19-15-22/h5-8,11-12,15H,2-4,9-10,13-14H2,1H3,(H,20,21). The lowest BCUT2D eigenvalue weighted by molar-refractivity contribution is 0.493.